The summed E-state index contributed by atoms with van der Waals surface area (Å²) >= 11 is 0. The molecule has 1 aliphatic heterocycles. The number of rotatable bonds is 5. The third-order valence-electron chi connectivity index (χ3n) is 2.18. The zero-order valence-corrected chi connectivity index (χ0v) is 7.49. The van der Waals surface area contributed by atoms with Crippen molar-refractivity contribution in [1.29, 1.82) is 0 Å². The van der Waals surface area contributed by atoms with Crippen LogP contribution in [0.3, 0.4) is 0 Å². The van der Waals surface area contributed by atoms with Gasteiger partial charge in [-0.05, 0) is 6.42 Å². The molecule has 0 spiro atoms. The molecular weight excluding hydrogens is 172 g/mol. The van der Waals surface area contributed by atoms with Gasteiger partial charge in [0, 0.05) is 19.0 Å². The first-order chi connectivity index (χ1) is 6.26. The molecular formula is C8H16N2O3. The third kappa shape index (κ3) is 3.30. The number of nitrogens with one attached hydrogen (secondary N) is 2. The van der Waals surface area contributed by atoms with E-state index in [0.29, 0.717) is 13.0 Å². The van der Waals surface area contributed by atoms with Gasteiger partial charge in [0.05, 0.1) is 19.3 Å². The molecule has 1 aliphatic rings. The average Bonchev–Trinajstić information content (AvgIpc) is 2.53. The highest BCUT2D eigenvalue weighted by Gasteiger charge is 2.20. The number of hydrogen-bond acceptors (Lipinski definition) is 4. The van der Waals surface area contributed by atoms with Crippen LogP contribution in [0.1, 0.15) is 12.8 Å². The monoisotopic (exact) mass is 188 g/mol. The van der Waals surface area contributed by atoms with Crippen LogP contribution in [0.2, 0.25) is 0 Å². The Labute approximate surface area is 77.1 Å². The summed E-state index contributed by atoms with van der Waals surface area (Å²) in [4.78, 5) is 10.8. The summed E-state index contributed by atoms with van der Waals surface area (Å²) in [6, 6.07) is -0.134. The van der Waals surface area contributed by atoms with E-state index in [9.17, 15) is 4.79 Å². The number of carbonyl (C=O) groups is 1. The lowest BCUT2D eigenvalue weighted by Crippen LogP contribution is -2.43. The lowest BCUT2D eigenvalue weighted by molar-refractivity contribution is -0.119. The Morgan fingerprint density at radius 2 is 2.23 bits per heavy atom. The zero-order chi connectivity index (χ0) is 9.68. The molecule has 0 radical (unpaired) electrons. The molecule has 1 fully saturated rings. The summed E-state index contributed by atoms with van der Waals surface area (Å²) in [5.41, 5.74) is 0. The first-order valence-corrected chi connectivity index (χ1v) is 4.50. The Morgan fingerprint density at radius 3 is 2.69 bits per heavy atom. The molecule has 1 unspecified atom stereocenters. The molecule has 1 heterocycles. The van der Waals surface area contributed by atoms with Gasteiger partial charge in [-0.2, -0.15) is 0 Å². The maximum Gasteiger partial charge on any atom is 0.220 e. The van der Waals surface area contributed by atoms with Crippen LogP contribution in [0.5, 0.6) is 0 Å². The van der Waals surface area contributed by atoms with Gasteiger partial charge >= 0.3 is 0 Å². The Bertz CT molecular complexity index is 171. The highest BCUT2D eigenvalue weighted by atomic mass is 16.3. The summed E-state index contributed by atoms with van der Waals surface area (Å²) in [5, 5.41) is 23.2. The molecule has 1 saturated heterocycles. The summed E-state index contributed by atoms with van der Waals surface area (Å²) in [5.74, 6) is 0.0800. The van der Waals surface area contributed by atoms with Crippen molar-refractivity contribution < 1.29 is 15.0 Å². The van der Waals surface area contributed by atoms with Gasteiger partial charge in [-0.15, -0.1) is 0 Å². The van der Waals surface area contributed by atoms with E-state index >= 15 is 0 Å². The SMILES string of the molecule is O=C1CCC(CNC(CO)CO)N1. The number of carbonyl (C=O) groups excluding carboxylic acids is 1. The summed E-state index contributed by atoms with van der Waals surface area (Å²) in [6.07, 6.45) is 1.41. The molecule has 0 aliphatic carbocycles. The van der Waals surface area contributed by atoms with Gasteiger partial charge in [0.15, 0.2) is 0 Å². The van der Waals surface area contributed by atoms with Crippen LogP contribution in [0, 0.1) is 0 Å². The molecule has 0 aromatic heterocycles. The van der Waals surface area contributed by atoms with Gasteiger partial charge in [-0.1, -0.05) is 0 Å². The highest BCUT2D eigenvalue weighted by molar-refractivity contribution is 5.78. The smallest absolute Gasteiger partial charge is 0.220 e. The molecule has 0 aromatic rings. The van der Waals surface area contributed by atoms with Gasteiger partial charge in [-0.3, -0.25) is 4.79 Å². The molecule has 76 valence electrons. The fraction of sp³-hybridized carbons (Fsp3) is 0.875. The normalized spacial score (nSPS) is 22.4. The van der Waals surface area contributed by atoms with Crippen LogP contribution in [0.4, 0.5) is 0 Å². The minimum Gasteiger partial charge on any atom is -0.395 e. The van der Waals surface area contributed by atoms with E-state index in [1.54, 1.807) is 0 Å². The average molecular weight is 188 g/mol. The Kier molecular flexibility index (Phi) is 4.14. The number of aliphatic hydroxyl groups excluding tert-OH is 2. The molecule has 0 aromatic carbocycles. The van der Waals surface area contributed by atoms with Gasteiger partial charge in [0.1, 0.15) is 0 Å². The van der Waals surface area contributed by atoms with Crippen molar-refractivity contribution in [2.45, 2.75) is 24.9 Å². The van der Waals surface area contributed by atoms with Crippen molar-refractivity contribution in [2.24, 2.45) is 0 Å². The Morgan fingerprint density at radius 1 is 1.54 bits per heavy atom. The highest BCUT2D eigenvalue weighted by Crippen LogP contribution is 2.04. The second-order valence-electron chi connectivity index (χ2n) is 3.27. The van der Waals surface area contributed by atoms with Crippen molar-refractivity contribution in [3.8, 4) is 0 Å². The fourth-order valence-electron chi connectivity index (χ4n) is 1.33. The quantitative estimate of drug-likeness (QED) is 0.410. The first kappa shape index (κ1) is 10.4. The zero-order valence-electron chi connectivity index (χ0n) is 7.49. The molecule has 0 bridgehead atoms. The Hall–Kier alpha value is -0.650. The molecule has 1 atom stereocenters. The molecule has 5 heteroatoms. The maximum absolute atomic E-state index is 10.8. The van der Waals surface area contributed by atoms with Crippen LogP contribution < -0.4 is 10.6 Å². The first-order valence-electron chi connectivity index (χ1n) is 4.50. The summed E-state index contributed by atoms with van der Waals surface area (Å²) in [6.45, 7) is 0.436. The summed E-state index contributed by atoms with van der Waals surface area (Å²) < 4.78 is 0. The van der Waals surface area contributed by atoms with E-state index in [1.807, 2.05) is 0 Å². The number of hydrogen-bond donors (Lipinski definition) is 4. The van der Waals surface area contributed by atoms with E-state index in [2.05, 4.69) is 10.6 Å². The van der Waals surface area contributed by atoms with Gasteiger partial charge in [0.2, 0.25) is 5.91 Å². The Balaban J connectivity index is 2.14. The van der Waals surface area contributed by atoms with Crippen molar-refractivity contribution >= 4 is 5.91 Å². The van der Waals surface area contributed by atoms with E-state index in [4.69, 9.17) is 10.2 Å². The fourth-order valence-corrected chi connectivity index (χ4v) is 1.33. The minimum atomic E-state index is -0.280. The molecule has 1 amide bonds. The van der Waals surface area contributed by atoms with Crippen molar-refractivity contribution in [3.05, 3.63) is 0 Å². The standard InChI is InChI=1S/C8H16N2O3/c11-4-7(5-12)9-3-6-1-2-8(13)10-6/h6-7,9,11-12H,1-5H2,(H,10,13). The molecule has 5 nitrogen and oxygen atoms in total. The molecule has 13 heavy (non-hydrogen) atoms. The largest absolute Gasteiger partial charge is 0.395 e. The van der Waals surface area contributed by atoms with E-state index in [-0.39, 0.29) is 31.2 Å². The van der Waals surface area contributed by atoms with Crippen molar-refractivity contribution in [1.82, 2.24) is 10.6 Å². The number of aliphatic hydroxyl groups is 2. The number of amides is 1. The van der Waals surface area contributed by atoms with Gasteiger partial charge in [0.25, 0.3) is 0 Å². The minimum absolute atomic E-state index is 0.0800. The van der Waals surface area contributed by atoms with Crippen molar-refractivity contribution in [3.63, 3.8) is 0 Å². The topological polar surface area (TPSA) is 81.6 Å². The molecule has 0 saturated carbocycles. The maximum atomic E-state index is 10.8. The molecule has 4 N–H and O–H groups in total. The molecule has 1 rings (SSSR count). The summed E-state index contributed by atoms with van der Waals surface area (Å²) in [7, 11) is 0. The predicted octanol–water partition coefficient (Wildman–Crippen LogP) is -1.79. The third-order valence-corrected chi connectivity index (χ3v) is 2.18. The van der Waals surface area contributed by atoms with Crippen molar-refractivity contribution in [2.75, 3.05) is 19.8 Å². The van der Waals surface area contributed by atoms with Gasteiger partial charge < -0.3 is 20.8 Å². The lowest BCUT2D eigenvalue weighted by atomic mass is 10.2. The van der Waals surface area contributed by atoms with E-state index in [0.717, 1.165) is 6.42 Å². The van der Waals surface area contributed by atoms with Crippen LogP contribution in [0.25, 0.3) is 0 Å². The van der Waals surface area contributed by atoms with E-state index < -0.39 is 0 Å². The van der Waals surface area contributed by atoms with Crippen LogP contribution in [-0.4, -0.2) is 48.0 Å². The van der Waals surface area contributed by atoms with Crippen LogP contribution in [0.15, 0.2) is 0 Å². The predicted molar refractivity (Wildman–Crippen MR) is 47.1 cm³/mol. The van der Waals surface area contributed by atoms with Crippen LogP contribution >= 0.6 is 0 Å². The second kappa shape index (κ2) is 5.16. The van der Waals surface area contributed by atoms with E-state index in [1.165, 1.54) is 0 Å². The van der Waals surface area contributed by atoms with Gasteiger partial charge in [-0.25, -0.2) is 0 Å². The lowest BCUT2D eigenvalue weighted by Gasteiger charge is -2.16. The second-order valence-corrected chi connectivity index (χ2v) is 3.27. The van der Waals surface area contributed by atoms with Crippen LogP contribution in [-0.2, 0) is 4.79 Å².